The molecule has 6 nitrogen and oxygen atoms in total. The quantitative estimate of drug-likeness (QED) is 0.621. The van der Waals surface area contributed by atoms with E-state index in [2.05, 4.69) is 22.5 Å². The molecule has 0 radical (unpaired) electrons. The van der Waals surface area contributed by atoms with Crippen molar-refractivity contribution in [3.8, 4) is 0 Å². The van der Waals surface area contributed by atoms with Gasteiger partial charge in [0.15, 0.2) is 5.13 Å². The Morgan fingerprint density at radius 1 is 1.75 bits per heavy atom. The van der Waals surface area contributed by atoms with Crippen LogP contribution >= 0.6 is 11.3 Å². The van der Waals surface area contributed by atoms with Crippen molar-refractivity contribution < 1.29 is 4.92 Å². The van der Waals surface area contributed by atoms with Crippen LogP contribution in [0.1, 0.15) is 19.8 Å². The van der Waals surface area contributed by atoms with Crippen LogP contribution in [-0.4, -0.2) is 28.5 Å². The topological polar surface area (TPSA) is 80.1 Å². The van der Waals surface area contributed by atoms with Crippen LogP contribution in [-0.2, 0) is 0 Å². The van der Waals surface area contributed by atoms with Gasteiger partial charge in [-0.15, -0.1) is 0 Å². The lowest BCUT2D eigenvalue weighted by molar-refractivity contribution is -0.380. The van der Waals surface area contributed by atoms with E-state index in [0.29, 0.717) is 17.2 Å². The Bertz CT molecular complexity index is 381. The Kier molecular flexibility index (Phi) is 3.35. The molecule has 2 N–H and O–H groups in total. The number of rotatable bonds is 3. The van der Waals surface area contributed by atoms with Crippen molar-refractivity contribution in [1.29, 1.82) is 0 Å². The highest BCUT2D eigenvalue weighted by Gasteiger charge is 2.22. The average Bonchev–Trinajstić information content (AvgIpc) is 2.70. The Balaban J connectivity index is 1.99. The number of nitrogens with one attached hydrogen (secondary N) is 2. The Hall–Kier alpha value is -1.21. The number of aromatic nitrogens is 1. The van der Waals surface area contributed by atoms with Gasteiger partial charge in [-0.05, 0) is 37.6 Å². The largest absolute Gasteiger partial charge is 0.357 e. The van der Waals surface area contributed by atoms with E-state index in [1.54, 1.807) is 0 Å². The van der Waals surface area contributed by atoms with E-state index in [1.165, 1.54) is 6.20 Å². The van der Waals surface area contributed by atoms with E-state index in [4.69, 9.17) is 0 Å². The Morgan fingerprint density at radius 3 is 3.19 bits per heavy atom. The van der Waals surface area contributed by atoms with Crippen molar-refractivity contribution >= 4 is 21.5 Å². The minimum atomic E-state index is -0.411. The van der Waals surface area contributed by atoms with Crippen LogP contribution in [0.25, 0.3) is 0 Å². The summed E-state index contributed by atoms with van der Waals surface area (Å²) >= 11 is 1.09. The third-order valence-corrected chi connectivity index (χ3v) is 3.62. The molecule has 0 saturated carbocycles. The minimum absolute atomic E-state index is 0.0823. The molecule has 1 aliphatic rings. The molecule has 2 unspecified atom stereocenters. The third-order valence-electron chi connectivity index (χ3n) is 2.74. The number of piperidine rings is 1. The molecule has 1 saturated heterocycles. The first-order chi connectivity index (χ1) is 7.66. The molecule has 2 rings (SSSR count). The average molecular weight is 242 g/mol. The van der Waals surface area contributed by atoms with Gasteiger partial charge in [-0.2, -0.15) is 0 Å². The van der Waals surface area contributed by atoms with Gasteiger partial charge in [-0.3, -0.25) is 10.1 Å². The number of hydrogen-bond acceptors (Lipinski definition) is 6. The normalized spacial score (nSPS) is 25.3. The number of hydrogen-bond donors (Lipinski definition) is 2. The second kappa shape index (κ2) is 4.75. The molecule has 0 spiro atoms. The van der Waals surface area contributed by atoms with Crippen molar-refractivity contribution in [2.75, 3.05) is 11.9 Å². The summed E-state index contributed by atoms with van der Waals surface area (Å²) in [5, 5.41) is 17.8. The summed E-state index contributed by atoms with van der Waals surface area (Å²) in [5.74, 6) is 0. The first-order valence-corrected chi connectivity index (χ1v) is 6.08. The lowest BCUT2D eigenvalue weighted by Crippen LogP contribution is -2.46. The maximum absolute atomic E-state index is 10.5. The molecule has 16 heavy (non-hydrogen) atoms. The number of thiazole rings is 1. The zero-order chi connectivity index (χ0) is 11.5. The number of nitrogens with zero attached hydrogens (tertiary/aromatic N) is 2. The first kappa shape index (κ1) is 11.3. The molecule has 88 valence electrons. The molecule has 1 aromatic heterocycles. The van der Waals surface area contributed by atoms with Gasteiger partial charge < -0.3 is 10.6 Å². The van der Waals surface area contributed by atoms with Crippen LogP contribution in [0, 0.1) is 10.1 Å². The molecule has 1 aliphatic heterocycles. The standard InChI is InChI=1S/C9H14N4O2S/c1-6-7(3-2-4-10-6)12-9-11-5-8(16-9)13(14)15/h5-7,10H,2-4H2,1H3,(H,11,12). The molecule has 0 bridgehead atoms. The summed E-state index contributed by atoms with van der Waals surface area (Å²) in [4.78, 5) is 14.1. The zero-order valence-corrected chi connectivity index (χ0v) is 9.79. The van der Waals surface area contributed by atoms with Gasteiger partial charge in [0, 0.05) is 12.1 Å². The van der Waals surface area contributed by atoms with Gasteiger partial charge >= 0.3 is 5.00 Å². The SMILES string of the molecule is CC1NCCCC1Nc1ncc([N+](=O)[O-])s1. The summed E-state index contributed by atoms with van der Waals surface area (Å²) in [6, 6.07) is 0.677. The summed E-state index contributed by atoms with van der Waals surface area (Å²) in [5.41, 5.74) is 0. The van der Waals surface area contributed by atoms with E-state index in [1.807, 2.05) is 0 Å². The van der Waals surface area contributed by atoms with E-state index in [0.717, 1.165) is 30.7 Å². The highest BCUT2D eigenvalue weighted by atomic mass is 32.1. The maximum atomic E-state index is 10.5. The lowest BCUT2D eigenvalue weighted by Gasteiger charge is -2.30. The Labute approximate surface area is 97.2 Å². The van der Waals surface area contributed by atoms with E-state index >= 15 is 0 Å². The van der Waals surface area contributed by atoms with Crippen LogP contribution in [0.4, 0.5) is 10.1 Å². The fraction of sp³-hybridized carbons (Fsp3) is 0.667. The van der Waals surface area contributed by atoms with E-state index < -0.39 is 4.92 Å². The predicted molar refractivity (Wildman–Crippen MR) is 62.9 cm³/mol. The third kappa shape index (κ3) is 2.48. The fourth-order valence-corrected chi connectivity index (χ4v) is 2.51. The molecular formula is C9H14N4O2S. The summed E-state index contributed by atoms with van der Waals surface area (Å²) < 4.78 is 0. The minimum Gasteiger partial charge on any atom is -0.357 e. The number of anilines is 1. The molecular weight excluding hydrogens is 228 g/mol. The van der Waals surface area contributed by atoms with Gasteiger partial charge in [0.05, 0.1) is 4.92 Å². The second-order valence-corrected chi connectivity index (χ2v) is 4.91. The predicted octanol–water partition coefficient (Wildman–Crippen LogP) is 1.60. The van der Waals surface area contributed by atoms with Crippen LogP contribution < -0.4 is 10.6 Å². The number of nitro groups is 1. The van der Waals surface area contributed by atoms with Gasteiger partial charge in [0.1, 0.15) is 6.20 Å². The van der Waals surface area contributed by atoms with Crippen LogP contribution in [0.15, 0.2) is 6.20 Å². The summed E-state index contributed by atoms with van der Waals surface area (Å²) in [6.45, 7) is 3.15. The first-order valence-electron chi connectivity index (χ1n) is 5.27. The van der Waals surface area contributed by atoms with E-state index in [9.17, 15) is 10.1 Å². The van der Waals surface area contributed by atoms with E-state index in [-0.39, 0.29) is 5.00 Å². The molecule has 7 heteroatoms. The van der Waals surface area contributed by atoms with Crippen LogP contribution in [0.2, 0.25) is 0 Å². The maximum Gasteiger partial charge on any atom is 0.345 e. The van der Waals surface area contributed by atoms with Crippen LogP contribution in [0.3, 0.4) is 0 Å². The molecule has 0 amide bonds. The highest BCUT2D eigenvalue weighted by Crippen LogP contribution is 2.26. The van der Waals surface area contributed by atoms with Crippen molar-refractivity contribution in [3.05, 3.63) is 16.3 Å². The van der Waals surface area contributed by atoms with Crippen molar-refractivity contribution in [1.82, 2.24) is 10.3 Å². The molecule has 0 aromatic carbocycles. The summed E-state index contributed by atoms with van der Waals surface area (Å²) in [7, 11) is 0. The van der Waals surface area contributed by atoms with Crippen molar-refractivity contribution in [2.24, 2.45) is 0 Å². The second-order valence-electron chi connectivity index (χ2n) is 3.90. The van der Waals surface area contributed by atoms with Gasteiger partial charge in [0.2, 0.25) is 0 Å². The zero-order valence-electron chi connectivity index (χ0n) is 8.97. The molecule has 1 fully saturated rings. The van der Waals surface area contributed by atoms with Crippen LogP contribution in [0.5, 0.6) is 0 Å². The lowest BCUT2D eigenvalue weighted by atomic mass is 10.0. The monoisotopic (exact) mass is 242 g/mol. The van der Waals surface area contributed by atoms with Crippen molar-refractivity contribution in [3.63, 3.8) is 0 Å². The highest BCUT2D eigenvalue weighted by molar-refractivity contribution is 7.18. The summed E-state index contributed by atoms with van der Waals surface area (Å²) in [6.07, 6.45) is 3.49. The Morgan fingerprint density at radius 2 is 2.56 bits per heavy atom. The van der Waals surface area contributed by atoms with Gasteiger partial charge in [-0.25, -0.2) is 4.98 Å². The molecule has 2 atom stereocenters. The molecule has 1 aromatic rings. The smallest absolute Gasteiger partial charge is 0.345 e. The molecule has 0 aliphatic carbocycles. The molecule has 2 heterocycles. The van der Waals surface area contributed by atoms with Gasteiger partial charge in [-0.1, -0.05) is 0 Å². The van der Waals surface area contributed by atoms with Gasteiger partial charge in [0.25, 0.3) is 0 Å². The fourth-order valence-electron chi connectivity index (χ4n) is 1.82. The van der Waals surface area contributed by atoms with Crippen molar-refractivity contribution in [2.45, 2.75) is 31.8 Å².